The lowest BCUT2D eigenvalue weighted by atomic mass is 9.97. The molecule has 0 heterocycles. The van der Waals surface area contributed by atoms with E-state index >= 15 is 0 Å². The van der Waals surface area contributed by atoms with Crippen LogP contribution in [0.1, 0.15) is 22.3 Å². The molecular weight excluding hydrogens is 342 g/mol. The first-order valence-corrected chi connectivity index (χ1v) is 9.09. The summed E-state index contributed by atoms with van der Waals surface area (Å²) in [5, 5.41) is 18.7. The number of carboxylic acid groups (broad SMARTS) is 1. The molecule has 0 aromatic heterocycles. The monoisotopic (exact) mass is 363 g/mol. The van der Waals surface area contributed by atoms with E-state index in [0.29, 0.717) is 22.4 Å². The number of hydrogen-bond acceptors (Lipinski definition) is 4. The molecule has 2 aromatic carbocycles. The Morgan fingerprint density at radius 2 is 1.76 bits per heavy atom. The van der Waals surface area contributed by atoms with Crippen molar-refractivity contribution in [3.63, 3.8) is 0 Å². The van der Waals surface area contributed by atoms with Gasteiger partial charge in [0.05, 0.1) is 17.0 Å². The molecule has 0 atom stereocenters. The predicted octanol–water partition coefficient (Wildman–Crippen LogP) is 2.77. The van der Waals surface area contributed by atoms with Crippen LogP contribution in [0.5, 0.6) is 5.75 Å². The van der Waals surface area contributed by atoms with Crippen molar-refractivity contribution in [1.82, 2.24) is 0 Å². The molecule has 0 saturated carbocycles. The summed E-state index contributed by atoms with van der Waals surface area (Å²) >= 11 is 0. The molecule has 0 unspecified atom stereocenters. The Kier molecular flexibility index (Phi) is 5.08. The van der Waals surface area contributed by atoms with Crippen molar-refractivity contribution in [1.29, 1.82) is 0 Å². The second-order valence-corrected chi connectivity index (χ2v) is 7.91. The van der Waals surface area contributed by atoms with Gasteiger partial charge in [-0.15, -0.1) is 0 Å². The molecule has 6 nitrogen and oxygen atoms in total. The van der Waals surface area contributed by atoms with E-state index in [2.05, 4.69) is 0 Å². The van der Waals surface area contributed by atoms with Crippen molar-refractivity contribution in [2.45, 2.75) is 32.1 Å². The largest absolute Gasteiger partial charge is 0.508 e. The first-order chi connectivity index (χ1) is 11.6. The first kappa shape index (κ1) is 18.8. The maximum absolute atomic E-state index is 13.1. The van der Waals surface area contributed by atoms with Crippen molar-refractivity contribution in [3.8, 4) is 5.75 Å². The Morgan fingerprint density at radius 1 is 1.12 bits per heavy atom. The van der Waals surface area contributed by atoms with Crippen molar-refractivity contribution in [2.75, 3.05) is 11.4 Å². The number of rotatable bonds is 5. The van der Waals surface area contributed by atoms with Crippen LogP contribution in [0, 0.1) is 20.8 Å². The van der Waals surface area contributed by atoms with Gasteiger partial charge in [-0.05, 0) is 55.2 Å². The summed E-state index contributed by atoms with van der Waals surface area (Å²) in [4.78, 5) is 11.2. The Morgan fingerprint density at radius 3 is 2.32 bits per heavy atom. The molecule has 0 bridgehead atoms. The van der Waals surface area contributed by atoms with Gasteiger partial charge in [0.2, 0.25) is 0 Å². The summed E-state index contributed by atoms with van der Waals surface area (Å²) in [5.74, 6) is -1.05. The maximum Gasteiger partial charge on any atom is 0.307 e. The molecule has 0 aliphatic rings. The lowest BCUT2D eigenvalue weighted by molar-refractivity contribution is -0.136. The van der Waals surface area contributed by atoms with Gasteiger partial charge in [-0.1, -0.05) is 12.1 Å². The highest BCUT2D eigenvalue weighted by Crippen LogP contribution is 2.31. The van der Waals surface area contributed by atoms with Gasteiger partial charge in [0.25, 0.3) is 10.0 Å². The summed E-state index contributed by atoms with van der Waals surface area (Å²) in [5.41, 5.74) is 2.56. The normalized spacial score (nSPS) is 11.4. The number of phenolic OH excluding ortho intramolecular Hbond substituents is 1. The zero-order valence-corrected chi connectivity index (χ0v) is 15.4. The highest BCUT2D eigenvalue weighted by atomic mass is 32.2. The molecule has 0 aliphatic heterocycles. The molecular formula is C18H21NO5S. The van der Waals surface area contributed by atoms with Gasteiger partial charge in [0, 0.05) is 13.1 Å². The molecule has 0 saturated heterocycles. The van der Waals surface area contributed by atoms with Gasteiger partial charge in [0.15, 0.2) is 0 Å². The van der Waals surface area contributed by atoms with Crippen LogP contribution in [0.3, 0.4) is 0 Å². The number of aliphatic carboxylic acids is 1. The molecule has 0 spiro atoms. The van der Waals surface area contributed by atoms with Crippen LogP contribution < -0.4 is 4.31 Å². The van der Waals surface area contributed by atoms with E-state index in [9.17, 15) is 18.3 Å². The molecule has 2 N–H and O–H groups in total. The SMILES string of the molecule is Cc1cc(C)c(S(=O)(=O)N(C)c2cccc(O)c2)c(C)c1CC(=O)O. The fourth-order valence-corrected chi connectivity index (χ4v) is 4.63. The van der Waals surface area contributed by atoms with E-state index < -0.39 is 16.0 Å². The summed E-state index contributed by atoms with van der Waals surface area (Å²) in [6.07, 6.45) is -0.240. The molecule has 2 rings (SSSR count). The summed E-state index contributed by atoms with van der Waals surface area (Å²) in [6, 6.07) is 7.63. The van der Waals surface area contributed by atoms with Crippen LogP contribution in [0.15, 0.2) is 35.2 Å². The number of anilines is 1. The van der Waals surface area contributed by atoms with Crippen LogP contribution in [0.2, 0.25) is 0 Å². The Hall–Kier alpha value is -2.54. The average Bonchev–Trinajstić information content (AvgIpc) is 2.50. The number of benzene rings is 2. The van der Waals surface area contributed by atoms with Crippen molar-refractivity contribution in [2.24, 2.45) is 0 Å². The Labute approximate surface area is 147 Å². The minimum atomic E-state index is -3.92. The molecule has 0 radical (unpaired) electrons. The summed E-state index contributed by atoms with van der Waals surface area (Å²) in [6.45, 7) is 5.09. The number of aryl methyl sites for hydroxylation is 2. The van der Waals surface area contributed by atoms with Crippen LogP contribution in [0.25, 0.3) is 0 Å². The van der Waals surface area contributed by atoms with E-state index in [1.165, 1.54) is 19.2 Å². The summed E-state index contributed by atoms with van der Waals surface area (Å²) < 4.78 is 27.3. The van der Waals surface area contributed by atoms with Crippen LogP contribution in [0.4, 0.5) is 5.69 Å². The third-order valence-corrected chi connectivity index (χ3v) is 6.28. The lowest BCUT2D eigenvalue weighted by Crippen LogP contribution is -2.28. The number of aromatic hydroxyl groups is 1. The van der Waals surface area contributed by atoms with Crippen LogP contribution >= 0.6 is 0 Å². The molecule has 0 fully saturated rings. The number of nitrogens with zero attached hydrogens (tertiary/aromatic N) is 1. The van der Waals surface area contributed by atoms with E-state index in [1.807, 2.05) is 0 Å². The van der Waals surface area contributed by atoms with E-state index in [1.54, 1.807) is 39.0 Å². The van der Waals surface area contributed by atoms with Gasteiger partial charge < -0.3 is 10.2 Å². The highest BCUT2D eigenvalue weighted by Gasteiger charge is 2.28. The minimum absolute atomic E-state index is 0.0385. The third kappa shape index (κ3) is 3.61. The number of carboxylic acids is 1. The van der Waals surface area contributed by atoms with E-state index in [4.69, 9.17) is 5.11 Å². The third-order valence-electron chi connectivity index (χ3n) is 4.20. The second kappa shape index (κ2) is 6.76. The van der Waals surface area contributed by atoms with Crippen LogP contribution in [-0.2, 0) is 21.2 Å². The number of hydrogen-bond donors (Lipinski definition) is 2. The van der Waals surface area contributed by atoms with Crippen molar-refractivity contribution in [3.05, 3.63) is 52.6 Å². The molecule has 0 amide bonds. The van der Waals surface area contributed by atoms with Gasteiger partial charge in [-0.25, -0.2) is 8.42 Å². The standard InChI is InChI=1S/C18H21NO5S/c1-11-8-12(2)18(13(3)16(11)10-17(21)22)25(23,24)19(4)14-6-5-7-15(20)9-14/h5-9,20H,10H2,1-4H3,(H,21,22). The van der Waals surface area contributed by atoms with Crippen LogP contribution in [-0.4, -0.2) is 31.6 Å². The van der Waals surface area contributed by atoms with Gasteiger partial charge in [-0.2, -0.15) is 0 Å². The molecule has 0 aliphatic carbocycles. The van der Waals surface area contributed by atoms with E-state index in [0.717, 1.165) is 9.87 Å². The Balaban J connectivity index is 2.65. The number of phenols is 1. The summed E-state index contributed by atoms with van der Waals surface area (Å²) in [7, 11) is -2.51. The van der Waals surface area contributed by atoms with E-state index in [-0.39, 0.29) is 17.1 Å². The fourth-order valence-electron chi connectivity index (χ4n) is 2.99. The predicted molar refractivity (Wildman–Crippen MR) is 95.7 cm³/mol. The maximum atomic E-state index is 13.1. The van der Waals surface area contributed by atoms with Gasteiger partial charge in [-0.3, -0.25) is 9.10 Å². The first-order valence-electron chi connectivity index (χ1n) is 7.65. The molecule has 2 aromatic rings. The lowest BCUT2D eigenvalue weighted by Gasteiger charge is -2.24. The minimum Gasteiger partial charge on any atom is -0.508 e. The van der Waals surface area contributed by atoms with Gasteiger partial charge >= 0.3 is 5.97 Å². The highest BCUT2D eigenvalue weighted by molar-refractivity contribution is 7.92. The van der Waals surface area contributed by atoms with Crippen molar-refractivity contribution >= 4 is 21.7 Å². The van der Waals surface area contributed by atoms with Gasteiger partial charge in [0.1, 0.15) is 5.75 Å². The number of carbonyl (C=O) groups is 1. The van der Waals surface area contributed by atoms with Crippen molar-refractivity contribution < 1.29 is 23.4 Å². The number of sulfonamides is 1. The Bertz CT molecular complexity index is 935. The molecule has 25 heavy (non-hydrogen) atoms. The molecule has 7 heteroatoms. The fraction of sp³-hybridized carbons (Fsp3) is 0.278. The average molecular weight is 363 g/mol. The smallest absolute Gasteiger partial charge is 0.307 e. The molecule has 134 valence electrons. The topological polar surface area (TPSA) is 94.9 Å². The zero-order valence-electron chi connectivity index (χ0n) is 14.6. The quantitative estimate of drug-likeness (QED) is 0.852. The second-order valence-electron chi connectivity index (χ2n) is 6.01. The zero-order chi connectivity index (χ0) is 18.9.